The number of carbonyl (C=O) groups is 1. The first-order chi connectivity index (χ1) is 17.7. The van der Waals surface area contributed by atoms with Crippen molar-refractivity contribution in [1.82, 2.24) is 19.7 Å². The van der Waals surface area contributed by atoms with Crippen LogP contribution >= 0.6 is 11.8 Å². The largest absolute Gasteiger partial charge is 0.494 e. The number of benzene rings is 3. The number of Topliss-reactive ketones (excluding diaryl/α,β-unsaturated/α-hetero) is 1. The zero-order chi connectivity index (χ0) is 24.7. The maximum Gasteiger partial charge on any atom is 0.196 e. The summed E-state index contributed by atoms with van der Waals surface area (Å²) in [6.07, 6.45) is 3.45. The maximum absolute atomic E-state index is 13.0. The average Bonchev–Trinajstić information content (AvgIpc) is 3.37. The van der Waals surface area contributed by atoms with E-state index < -0.39 is 0 Å². The third-order valence-electron chi connectivity index (χ3n) is 5.62. The van der Waals surface area contributed by atoms with E-state index in [1.54, 1.807) is 12.4 Å². The van der Waals surface area contributed by atoms with E-state index in [4.69, 9.17) is 4.74 Å². The number of pyridine rings is 1. The summed E-state index contributed by atoms with van der Waals surface area (Å²) in [7, 11) is 0. The monoisotopic (exact) mass is 492 g/mol. The van der Waals surface area contributed by atoms with E-state index in [1.807, 2.05) is 90.4 Å². The summed E-state index contributed by atoms with van der Waals surface area (Å²) in [6.45, 7) is 2.56. The highest BCUT2D eigenvalue weighted by Crippen LogP contribution is 2.29. The van der Waals surface area contributed by atoms with Crippen LogP contribution in [0.3, 0.4) is 0 Å². The fraction of sp³-hybridized carbons (Fsp3) is 0.103. The van der Waals surface area contributed by atoms with E-state index in [9.17, 15) is 4.79 Å². The normalized spacial score (nSPS) is 10.8. The second-order valence-electron chi connectivity index (χ2n) is 7.96. The number of rotatable bonds is 9. The van der Waals surface area contributed by atoms with E-state index in [0.29, 0.717) is 23.2 Å². The Bertz CT molecular complexity index is 1430. The van der Waals surface area contributed by atoms with Gasteiger partial charge in [-0.15, -0.1) is 10.2 Å². The number of hydrogen-bond acceptors (Lipinski definition) is 6. The van der Waals surface area contributed by atoms with Crippen LogP contribution in [0, 0.1) is 0 Å². The molecule has 0 radical (unpaired) electrons. The van der Waals surface area contributed by atoms with Crippen LogP contribution in [0.25, 0.3) is 28.2 Å². The van der Waals surface area contributed by atoms with E-state index in [1.165, 1.54) is 11.8 Å². The molecule has 0 saturated heterocycles. The summed E-state index contributed by atoms with van der Waals surface area (Å²) < 4.78 is 7.55. The second-order valence-corrected chi connectivity index (χ2v) is 8.90. The van der Waals surface area contributed by atoms with E-state index in [2.05, 4.69) is 27.3 Å². The molecule has 0 N–H and O–H groups in total. The van der Waals surface area contributed by atoms with E-state index >= 15 is 0 Å². The van der Waals surface area contributed by atoms with Crippen molar-refractivity contribution in [2.75, 3.05) is 12.4 Å². The molecule has 0 aliphatic heterocycles. The minimum absolute atomic E-state index is 0.0336. The van der Waals surface area contributed by atoms with Crippen molar-refractivity contribution in [1.29, 1.82) is 0 Å². The molecule has 0 spiro atoms. The molecule has 0 unspecified atom stereocenters. The van der Waals surface area contributed by atoms with Gasteiger partial charge in [-0.05, 0) is 54.4 Å². The summed E-state index contributed by atoms with van der Waals surface area (Å²) in [4.78, 5) is 17.1. The van der Waals surface area contributed by atoms with Crippen LogP contribution in [0.4, 0.5) is 0 Å². The van der Waals surface area contributed by atoms with Crippen molar-refractivity contribution in [3.63, 3.8) is 0 Å². The van der Waals surface area contributed by atoms with Crippen molar-refractivity contribution in [3.05, 3.63) is 109 Å². The van der Waals surface area contributed by atoms with Gasteiger partial charge >= 0.3 is 0 Å². The average molecular weight is 493 g/mol. The lowest BCUT2D eigenvalue weighted by Crippen LogP contribution is -2.05. The lowest BCUT2D eigenvalue weighted by atomic mass is 10.0. The van der Waals surface area contributed by atoms with Gasteiger partial charge in [0.25, 0.3) is 0 Å². The fourth-order valence-corrected chi connectivity index (χ4v) is 4.68. The molecule has 0 amide bonds. The molecule has 0 saturated carbocycles. The first-order valence-corrected chi connectivity index (χ1v) is 12.6. The maximum atomic E-state index is 13.0. The summed E-state index contributed by atoms with van der Waals surface area (Å²) in [5, 5.41) is 9.50. The molecule has 0 fully saturated rings. The Kier molecular flexibility index (Phi) is 7.19. The van der Waals surface area contributed by atoms with Gasteiger partial charge in [0, 0.05) is 29.2 Å². The predicted molar refractivity (Wildman–Crippen MR) is 143 cm³/mol. The van der Waals surface area contributed by atoms with Gasteiger partial charge < -0.3 is 4.74 Å². The Morgan fingerprint density at radius 3 is 2.19 bits per heavy atom. The molecule has 2 heterocycles. The van der Waals surface area contributed by atoms with Crippen LogP contribution < -0.4 is 4.74 Å². The van der Waals surface area contributed by atoms with Crippen molar-refractivity contribution in [3.8, 4) is 34.0 Å². The van der Waals surface area contributed by atoms with Crippen molar-refractivity contribution in [2.24, 2.45) is 0 Å². The van der Waals surface area contributed by atoms with Gasteiger partial charge in [-0.25, -0.2) is 0 Å². The Hall–Kier alpha value is -4.23. The molecule has 0 atom stereocenters. The predicted octanol–water partition coefficient (Wildman–Crippen LogP) is 6.37. The number of thioether (sulfide) groups is 1. The summed E-state index contributed by atoms with van der Waals surface area (Å²) in [5.41, 5.74) is 4.65. The highest BCUT2D eigenvalue weighted by atomic mass is 32.2. The third kappa shape index (κ3) is 5.21. The summed E-state index contributed by atoms with van der Waals surface area (Å²) >= 11 is 1.37. The van der Waals surface area contributed by atoms with Crippen LogP contribution in [0.5, 0.6) is 5.75 Å². The molecule has 0 bridgehead atoms. The number of aromatic nitrogens is 4. The van der Waals surface area contributed by atoms with Crippen LogP contribution in [-0.4, -0.2) is 37.9 Å². The van der Waals surface area contributed by atoms with Gasteiger partial charge in [0.15, 0.2) is 16.8 Å². The second kappa shape index (κ2) is 11.0. The molecule has 5 rings (SSSR count). The minimum Gasteiger partial charge on any atom is -0.494 e. The lowest BCUT2D eigenvalue weighted by molar-refractivity contribution is 0.102. The first-order valence-electron chi connectivity index (χ1n) is 11.6. The van der Waals surface area contributed by atoms with Crippen LogP contribution in [0.15, 0.2) is 109 Å². The number of nitrogens with zero attached hydrogens (tertiary/aromatic N) is 4. The summed E-state index contributed by atoms with van der Waals surface area (Å²) in [6, 6.07) is 29.4. The van der Waals surface area contributed by atoms with Gasteiger partial charge in [0.2, 0.25) is 0 Å². The zero-order valence-corrected chi connectivity index (χ0v) is 20.6. The van der Waals surface area contributed by atoms with Gasteiger partial charge in [0.05, 0.1) is 12.4 Å². The number of carbonyl (C=O) groups excluding carboxylic acids is 1. The topological polar surface area (TPSA) is 69.9 Å². The molecule has 2 aromatic heterocycles. The van der Waals surface area contributed by atoms with Crippen LogP contribution in [0.1, 0.15) is 17.3 Å². The molecule has 0 aliphatic rings. The Labute approximate surface area is 214 Å². The van der Waals surface area contributed by atoms with Crippen molar-refractivity contribution < 1.29 is 9.53 Å². The highest BCUT2D eigenvalue weighted by molar-refractivity contribution is 7.99. The standard InChI is InChI=1S/C29H24N4O2S/c1-2-35-26-14-12-25(13-15-26)33-28(24-16-18-30-19-17-24)31-32-29(33)36-20-27(34)23-10-8-22(9-11-23)21-6-4-3-5-7-21/h3-19H,2,20H2,1H3. The first kappa shape index (κ1) is 23.5. The van der Waals surface area contributed by atoms with Gasteiger partial charge in [-0.2, -0.15) is 0 Å². The van der Waals surface area contributed by atoms with Gasteiger partial charge in [-0.3, -0.25) is 14.3 Å². The molecule has 3 aromatic carbocycles. The molecular weight excluding hydrogens is 468 g/mol. The molecule has 36 heavy (non-hydrogen) atoms. The van der Waals surface area contributed by atoms with Crippen molar-refractivity contribution in [2.45, 2.75) is 12.1 Å². The molecular formula is C29H24N4O2S. The smallest absolute Gasteiger partial charge is 0.196 e. The van der Waals surface area contributed by atoms with Crippen LogP contribution in [0.2, 0.25) is 0 Å². The third-order valence-corrected chi connectivity index (χ3v) is 6.55. The number of ketones is 1. The Morgan fingerprint density at radius 1 is 0.806 bits per heavy atom. The zero-order valence-electron chi connectivity index (χ0n) is 19.7. The van der Waals surface area contributed by atoms with Crippen LogP contribution in [-0.2, 0) is 0 Å². The van der Waals surface area contributed by atoms with E-state index in [-0.39, 0.29) is 11.5 Å². The quantitative estimate of drug-likeness (QED) is 0.176. The Balaban J connectivity index is 1.38. The molecule has 7 heteroatoms. The Morgan fingerprint density at radius 2 is 1.50 bits per heavy atom. The minimum atomic E-state index is 0.0336. The molecule has 178 valence electrons. The molecule has 0 aliphatic carbocycles. The van der Waals surface area contributed by atoms with Gasteiger partial charge in [0.1, 0.15) is 5.75 Å². The molecule has 6 nitrogen and oxygen atoms in total. The fourth-order valence-electron chi connectivity index (χ4n) is 3.83. The lowest BCUT2D eigenvalue weighted by Gasteiger charge is -2.11. The SMILES string of the molecule is CCOc1ccc(-n2c(SCC(=O)c3ccc(-c4ccccc4)cc3)nnc2-c2ccncc2)cc1. The number of ether oxygens (including phenoxy) is 1. The van der Waals surface area contributed by atoms with E-state index in [0.717, 1.165) is 28.1 Å². The highest BCUT2D eigenvalue weighted by Gasteiger charge is 2.18. The van der Waals surface area contributed by atoms with Crippen molar-refractivity contribution >= 4 is 17.5 Å². The molecule has 5 aromatic rings. The summed E-state index contributed by atoms with van der Waals surface area (Å²) in [5.74, 6) is 1.76. The number of hydrogen-bond donors (Lipinski definition) is 0. The van der Waals surface area contributed by atoms with Gasteiger partial charge in [-0.1, -0.05) is 66.4 Å².